The van der Waals surface area contributed by atoms with Crippen molar-refractivity contribution in [2.75, 3.05) is 18.5 Å². The quantitative estimate of drug-likeness (QED) is 0.394. The summed E-state index contributed by atoms with van der Waals surface area (Å²) in [5.74, 6) is -1.11. The maximum Gasteiger partial charge on any atom is 0.338 e. The number of nitrogens with zero attached hydrogens (tertiary/aromatic N) is 1. The van der Waals surface area contributed by atoms with E-state index in [2.05, 4.69) is 11.9 Å². The Labute approximate surface area is 182 Å². The van der Waals surface area contributed by atoms with Gasteiger partial charge < -0.3 is 15.0 Å². The van der Waals surface area contributed by atoms with E-state index in [1.54, 1.807) is 58.7 Å². The van der Waals surface area contributed by atoms with Crippen molar-refractivity contribution < 1.29 is 19.1 Å². The van der Waals surface area contributed by atoms with Gasteiger partial charge in [0.05, 0.1) is 17.0 Å². The third-order valence-electron chi connectivity index (χ3n) is 4.08. The number of benzene rings is 1. The van der Waals surface area contributed by atoms with Gasteiger partial charge in [0.15, 0.2) is 6.61 Å². The summed E-state index contributed by atoms with van der Waals surface area (Å²) in [6.07, 6.45) is 1.64. The largest absolute Gasteiger partial charge is 0.452 e. The number of hydrogen-bond donors (Lipinski definition) is 1. The number of hydrogen-bond acceptors (Lipinski definition) is 6. The Balaban J connectivity index is 1.52. The van der Waals surface area contributed by atoms with Gasteiger partial charge in [0, 0.05) is 17.1 Å². The van der Waals surface area contributed by atoms with E-state index in [9.17, 15) is 14.4 Å². The van der Waals surface area contributed by atoms with Gasteiger partial charge in [-0.15, -0.1) is 29.3 Å². The van der Waals surface area contributed by atoms with Crippen molar-refractivity contribution in [3.8, 4) is 0 Å². The smallest absolute Gasteiger partial charge is 0.338 e. The van der Waals surface area contributed by atoms with Gasteiger partial charge in [-0.05, 0) is 47.2 Å². The van der Waals surface area contributed by atoms with Crippen molar-refractivity contribution in [2.24, 2.45) is 0 Å². The molecule has 0 saturated carbocycles. The second kappa shape index (κ2) is 10.5. The van der Waals surface area contributed by atoms with Gasteiger partial charge in [-0.2, -0.15) is 0 Å². The number of thiophene rings is 2. The molecule has 2 amide bonds. The fraction of sp³-hybridized carbons (Fsp3) is 0.136. The zero-order valence-electron chi connectivity index (χ0n) is 16.1. The molecule has 2 heterocycles. The summed E-state index contributed by atoms with van der Waals surface area (Å²) in [5, 5.41) is 6.53. The molecule has 3 aromatic rings. The molecule has 1 aromatic carbocycles. The van der Waals surface area contributed by atoms with E-state index in [-0.39, 0.29) is 18.4 Å². The molecule has 0 saturated heterocycles. The maximum atomic E-state index is 12.4. The summed E-state index contributed by atoms with van der Waals surface area (Å²) in [4.78, 5) is 40.0. The van der Waals surface area contributed by atoms with E-state index in [4.69, 9.17) is 4.74 Å². The van der Waals surface area contributed by atoms with Gasteiger partial charge in [-0.3, -0.25) is 9.59 Å². The summed E-state index contributed by atoms with van der Waals surface area (Å²) in [7, 11) is 0. The monoisotopic (exact) mass is 440 g/mol. The van der Waals surface area contributed by atoms with Crippen LogP contribution in [0.25, 0.3) is 0 Å². The average molecular weight is 441 g/mol. The molecule has 0 atom stereocenters. The standard InChI is InChI=1S/C22H20N2O4S2/c1-2-11-24(14-18-5-3-12-29-18)20(25)15-28-22(27)16-7-9-17(10-8-16)23-21(26)19-6-4-13-30-19/h2-10,12-13H,1,11,14-15H2,(H,23,26). The van der Waals surface area contributed by atoms with Crippen LogP contribution in [0.2, 0.25) is 0 Å². The van der Waals surface area contributed by atoms with Crippen LogP contribution in [0.3, 0.4) is 0 Å². The molecule has 0 radical (unpaired) electrons. The number of ether oxygens (including phenoxy) is 1. The van der Waals surface area contributed by atoms with Crippen LogP contribution in [0, 0.1) is 0 Å². The Morgan fingerprint density at radius 1 is 1.03 bits per heavy atom. The Hall–Kier alpha value is -3.23. The third kappa shape index (κ3) is 5.88. The van der Waals surface area contributed by atoms with E-state index in [0.717, 1.165) is 4.88 Å². The van der Waals surface area contributed by atoms with Crippen molar-refractivity contribution in [1.82, 2.24) is 4.90 Å². The first kappa shape index (κ1) is 21.5. The zero-order chi connectivity index (χ0) is 21.3. The minimum Gasteiger partial charge on any atom is -0.452 e. The molecular weight excluding hydrogens is 420 g/mol. The number of rotatable bonds is 9. The van der Waals surface area contributed by atoms with Crippen molar-refractivity contribution in [1.29, 1.82) is 0 Å². The number of carbonyl (C=O) groups is 3. The van der Waals surface area contributed by atoms with Crippen LogP contribution in [0.4, 0.5) is 5.69 Å². The predicted octanol–water partition coefficient (Wildman–Crippen LogP) is 4.43. The number of carbonyl (C=O) groups excluding carboxylic acids is 3. The molecule has 8 heteroatoms. The fourth-order valence-corrected chi connectivity index (χ4v) is 3.93. The van der Waals surface area contributed by atoms with Crippen LogP contribution in [0.5, 0.6) is 0 Å². The number of anilines is 1. The first-order valence-electron chi connectivity index (χ1n) is 9.10. The van der Waals surface area contributed by atoms with Gasteiger partial charge in [0.1, 0.15) is 0 Å². The second-order valence-electron chi connectivity index (χ2n) is 6.23. The van der Waals surface area contributed by atoms with E-state index in [0.29, 0.717) is 29.2 Å². The van der Waals surface area contributed by atoms with Crippen molar-refractivity contribution in [3.63, 3.8) is 0 Å². The SMILES string of the molecule is C=CCN(Cc1cccs1)C(=O)COC(=O)c1ccc(NC(=O)c2cccs2)cc1. The van der Waals surface area contributed by atoms with E-state index >= 15 is 0 Å². The minimum absolute atomic E-state index is 0.209. The van der Waals surface area contributed by atoms with E-state index in [1.807, 2.05) is 22.9 Å². The number of amides is 2. The normalized spacial score (nSPS) is 10.3. The molecule has 0 aliphatic heterocycles. The summed E-state index contributed by atoms with van der Waals surface area (Å²) in [6, 6.07) is 13.7. The molecular formula is C22H20N2O4S2. The van der Waals surface area contributed by atoms with Gasteiger partial charge in [0.25, 0.3) is 11.8 Å². The highest BCUT2D eigenvalue weighted by atomic mass is 32.1. The van der Waals surface area contributed by atoms with Crippen molar-refractivity contribution >= 4 is 46.1 Å². The minimum atomic E-state index is -0.603. The molecule has 3 rings (SSSR count). The van der Waals surface area contributed by atoms with Gasteiger partial charge >= 0.3 is 5.97 Å². The second-order valence-corrected chi connectivity index (χ2v) is 8.21. The molecule has 0 fully saturated rings. The van der Waals surface area contributed by atoms with Gasteiger partial charge in [-0.1, -0.05) is 18.2 Å². The van der Waals surface area contributed by atoms with Gasteiger partial charge in [-0.25, -0.2) is 4.79 Å². The summed E-state index contributed by atoms with van der Waals surface area (Å²) in [6.45, 7) is 4.13. The van der Waals surface area contributed by atoms with Crippen LogP contribution < -0.4 is 5.32 Å². The Kier molecular flexibility index (Phi) is 7.53. The lowest BCUT2D eigenvalue weighted by molar-refractivity contribution is -0.134. The molecule has 0 bridgehead atoms. The van der Waals surface area contributed by atoms with E-state index < -0.39 is 5.97 Å². The van der Waals surface area contributed by atoms with Gasteiger partial charge in [0.2, 0.25) is 0 Å². The molecule has 2 aromatic heterocycles. The fourth-order valence-electron chi connectivity index (χ4n) is 2.59. The summed E-state index contributed by atoms with van der Waals surface area (Å²) in [5.41, 5.74) is 0.861. The van der Waals surface area contributed by atoms with Crippen LogP contribution in [-0.4, -0.2) is 35.8 Å². The summed E-state index contributed by atoms with van der Waals surface area (Å²) < 4.78 is 5.17. The highest BCUT2D eigenvalue weighted by Gasteiger charge is 2.17. The molecule has 0 aliphatic carbocycles. The highest BCUT2D eigenvalue weighted by Crippen LogP contribution is 2.15. The zero-order valence-corrected chi connectivity index (χ0v) is 17.7. The molecule has 0 unspecified atom stereocenters. The number of esters is 1. The van der Waals surface area contributed by atoms with Crippen LogP contribution in [-0.2, 0) is 16.1 Å². The summed E-state index contributed by atoms with van der Waals surface area (Å²) >= 11 is 2.90. The molecule has 6 nitrogen and oxygen atoms in total. The maximum absolute atomic E-state index is 12.4. The predicted molar refractivity (Wildman–Crippen MR) is 119 cm³/mol. The van der Waals surface area contributed by atoms with Crippen molar-refractivity contribution in [2.45, 2.75) is 6.54 Å². The van der Waals surface area contributed by atoms with Crippen LogP contribution in [0.1, 0.15) is 24.9 Å². The van der Waals surface area contributed by atoms with Crippen LogP contribution >= 0.6 is 22.7 Å². The molecule has 1 N–H and O–H groups in total. The van der Waals surface area contributed by atoms with Crippen LogP contribution in [0.15, 0.2) is 71.9 Å². The molecule has 0 spiro atoms. The highest BCUT2D eigenvalue weighted by molar-refractivity contribution is 7.12. The first-order chi connectivity index (χ1) is 14.6. The molecule has 30 heavy (non-hydrogen) atoms. The van der Waals surface area contributed by atoms with Crippen molar-refractivity contribution in [3.05, 3.63) is 87.3 Å². The lowest BCUT2D eigenvalue weighted by Crippen LogP contribution is -2.34. The lowest BCUT2D eigenvalue weighted by atomic mass is 10.2. The average Bonchev–Trinajstić information content (AvgIpc) is 3.46. The third-order valence-corrected chi connectivity index (χ3v) is 5.81. The Morgan fingerprint density at radius 2 is 1.77 bits per heavy atom. The Bertz CT molecular complexity index is 996. The lowest BCUT2D eigenvalue weighted by Gasteiger charge is -2.20. The van der Waals surface area contributed by atoms with E-state index in [1.165, 1.54) is 11.3 Å². The topological polar surface area (TPSA) is 75.7 Å². The Morgan fingerprint density at radius 3 is 2.40 bits per heavy atom. The molecule has 0 aliphatic rings. The molecule has 154 valence electrons. The first-order valence-corrected chi connectivity index (χ1v) is 10.9. The number of nitrogens with one attached hydrogen (secondary N) is 1.